The molecule has 0 radical (unpaired) electrons. The lowest BCUT2D eigenvalue weighted by Crippen LogP contribution is -2.39. The van der Waals surface area contributed by atoms with Crippen LogP contribution >= 0.6 is 35.6 Å². The molecule has 2 N–H and O–H groups in total. The predicted octanol–water partition coefficient (Wildman–Crippen LogP) is 4.92. The van der Waals surface area contributed by atoms with Crippen LogP contribution in [-0.2, 0) is 0 Å². The highest BCUT2D eigenvalue weighted by Gasteiger charge is 2.25. The Labute approximate surface area is 157 Å². The lowest BCUT2D eigenvalue weighted by atomic mass is 10.1. The van der Waals surface area contributed by atoms with Gasteiger partial charge in [0.2, 0.25) is 0 Å². The van der Waals surface area contributed by atoms with E-state index < -0.39 is 12.6 Å². The summed E-state index contributed by atoms with van der Waals surface area (Å²) < 4.78 is 36.1. The van der Waals surface area contributed by atoms with Gasteiger partial charge in [0.1, 0.15) is 0 Å². The number of benzene rings is 1. The summed E-state index contributed by atoms with van der Waals surface area (Å²) in [6.45, 7) is 2.42. The smallest absolute Gasteiger partial charge is 0.356 e. The number of guanidine groups is 1. The normalized spacial score (nSPS) is 13.2. The molecule has 3 nitrogen and oxygen atoms in total. The van der Waals surface area contributed by atoms with E-state index in [4.69, 9.17) is 11.6 Å². The first-order chi connectivity index (χ1) is 10.3. The second-order valence-corrected chi connectivity index (χ2v) is 5.43. The van der Waals surface area contributed by atoms with E-state index in [1.165, 1.54) is 0 Å². The summed E-state index contributed by atoms with van der Waals surface area (Å²) in [5.74, 6) is 0.564. The van der Waals surface area contributed by atoms with Crippen LogP contribution in [0.25, 0.3) is 0 Å². The van der Waals surface area contributed by atoms with Gasteiger partial charge < -0.3 is 10.6 Å². The van der Waals surface area contributed by atoms with E-state index in [0.29, 0.717) is 23.9 Å². The molecule has 0 bridgehead atoms. The van der Waals surface area contributed by atoms with E-state index >= 15 is 0 Å². The van der Waals surface area contributed by atoms with Gasteiger partial charge in [0.05, 0.1) is 6.04 Å². The molecule has 0 heterocycles. The standard InChI is InChI=1S/C15H21ClF3N3.HI/c1-11(12-5-7-13(16)8-6-12)22-14(20-2)21-10-4-3-9-15(17,18)19;/h5-8,11H,3-4,9-10H2,1-2H3,(H2,20,21,22);1H. The highest BCUT2D eigenvalue weighted by atomic mass is 127. The fraction of sp³-hybridized carbons (Fsp3) is 0.533. The highest BCUT2D eigenvalue weighted by molar-refractivity contribution is 14.0. The van der Waals surface area contributed by atoms with Crippen molar-refractivity contribution >= 4 is 41.5 Å². The molecule has 132 valence electrons. The average Bonchev–Trinajstić information content (AvgIpc) is 2.45. The average molecular weight is 464 g/mol. The number of hydrogen-bond acceptors (Lipinski definition) is 1. The van der Waals surface area contributed by atoms with Crippen molar-refractivity contribution in [2.75, 3.05) is 13.6 Å². The molecule has 1 atom stereocenters. The topological polar surface area (TPSA) is 36.4 Å². The molecule has 0 amide bonds. The second kappa shape index (κ2) is 11.0. The molecule has 1 aromatic carbocycles. The summed E-state index contributed by atoms with van der Waals surface area (Å²) in [5.41, 5.74) is 1.05. The number of nitrogens with one attached hydrogen (secondary N) is 2. The number of alkyl halides is 3. The molecule has 1 unspecified atom stereocenters. The van der Waals surface area contributed by atoms with Crippen LogP contribution in [0.5, 0.6) is 0 Å². The van der Waals surface area contributed by atoms with Crippen LogP contribution in [0, 0.1) is 0 Å². The fourth-order valence-corrected chi connectivity index (χ4v) is 2.02. The summed E-state index contributed by atoms with van der Waals surface area (Å²) in [6.07, 6.45) is -4.28. The molecule has 0 saturated heterocycles. The Kier molecular flexibility index (Phi) is 10.6. The molecule has 8 heteroatoms. The Morgan fingerprint density at radius 2 is 1.83 bits per heavy atom. The van der Waals surface area contributed by atoms with Gasteiger partial charge in [0.25, 0.3) is 0 Å². The fourth-order valence-electron chi connectivity index (χ4n) is 1.89. The first-order valence-electron chi connectivity index (χ1n) is 7.11. The summed E-state index contributed by atoms with van der Waals surface area (Å²) in [6, 6.07) is 7.46. The number of halogens is 5. The first kappa shape index (κ1) is 22.3. The minimum Gasteiger partial charge on any atom is -0.356 e. The zero-order chi connectivity index (χ0) is 16.6. The number of unbranched alkanes of at least 4 members (excludes halogenated alkanes) is 1. The van der Waals surface area contributed by atoms with Gasteiger partial charge in [0, 0.05) is 25.0 Å². The SMILES string of the molecule is CN=C(NCCCCC(F)(F)F)NC(C)c1ccc(Cl)cc1.I. The molecule has 0 spiro atoms. The van der Waals surface area contributed by atoms with Gasteiger partial charge in [-0.25, -0.2) is 0 Å². The van der Waals surface area contributed by atoms with Crippen molar-refractivity contribution in [3.63, 3.8) is 0 Å². The Bertz CT molecular complexity index is 478. The zero-order valence-corrected chi connectivity index (χ0v) is 16.2. The monoisotopic (exact) mass is 463 g/mol. The number of aliphatic imine (C=N–C) groups is 1. The van der Waals surface area contributed by atoms with E-state index in [1.54, 1.807) is 7.05 Å². The quantitative estimate of drug-likeness (QED) is 0.272. The van der Waals surface area contributed by atoms with Gasteiger partial charge in [-0.15, -0.1) is 24.0 Å². The molecule has 0 aliphatic rings. The van der Waals surface area contributed by atoms with Crippen molar-refractivity contribution in [2.45, 2.75) is 38.4 Å². The lowest BCUT2D eigenvalue weighted by molar-refractivity contribution is -0.135. The van der Waals surface area contributed by atoms with Gasteiger partial charge in [-0.1, -0.05) is 23.7 Å². The van der Waals surface area contributed by atoms with Crippen molar-refractivity contribution in [1.29, 1.82) is 0 Å². The lowest BCUT2D eigenvalue weighted by Gasteiger charge is -2.18. The summed E-state index contributed by atoms with van der Waals surface area (Å²) in [7, 11) is 1.62. The Morgan fingerprint density at radius 1 is 1.22 bits per heavy atom. The summed E-state index contributed by atoms with van der Waals surface area (Å²) in [5, 5.41) is 6.87. The minimum atomic E-state index is -4.08. The minimum absolute atomic E-state index is 0. The molecule has 0 aliphatic carbocycles. The molecule has 0 aromatic heterocycles. The summed E-state index contributed by atoms with van der Waals surface area (Å²) in [4.78, 5) is 4.06. The van der Waals surface area contributed by atoms with E-state index in [2.05, 4.69) is 15.6 Å². The second-order valence-electron chi connectivity index (χ2n) is 4.99. The van der Waals surface area contributed by atoms with E-state index in [9.17, 15) is 13.2 Å². The molecule has 0 saturated carbocycles. The molecule has 1 aromatic rings. The Balaban J connectivity index is 0.00000484. The maximum atomic E-state index is 12.0. The maximum Gasteiger partial charge on any atom is 0.389 e. The van der Waals surface area contributed by atoms with E-state index in [0.717, 1.165) is 5.56 Å². The molecular formula is C15H22ClF3IN3. The van der Waals surface area contributed by atoms with Crippen molar-refractivity contribution in [1.82, 2.24) is 10.6 Å². The number of rotatable bonds is 6. The van der Waals surface area contributed by atoms with Crippen LogP contribution in [0.3, 0.4) is 0 Å². The molecule has 23 heavy (non-hydrogen) atoms. The molecule has 0 fully saturated rings. The third-order valence-corrected chi connectivity index (χ3v) is 3.38. The third-order valence-electron chi connectivity index (χ3n) is 3.13. The van der Waals surface area contributed by atoms with Crippen molar-refractivity contribution in [2.24, 2.45) is 4.99 Å². The van der Waals surface area contributed by atoms with Gasteiger partial charge in [-0.3, -0.25) is 4.99 Å². The number of hydrogen-bond donors (Lipinski definition) is 2. The maximum absolute atomic E-state index is 12.0. The van der Waals surface area contributed by atoms with Gasteiger partial charge in [-0.05, 0) is 37.5 Å². The van der Waals surface area contributed by atoms with Crippen molar-refractivity contribution < 1.29 is 13.2 Å². The van der Waals surface area contributed by atoms with Crippen LogP contribution in [0.4, 0.5) is 13.2 Å². The Hall–Kier alpha value is -0.700. The van der Waals surface area contributed by atoms with Crippen LogP contribution < -0.4 is 10.6 Å². The predicted molar refractivity (Wildman–Crippen MR) is 99.7 cm³/mol. The third kappa shape index (κ3) is 9.91. The van der Waals surface area contributed by atoms with Crippen LogP contribution in [-0.4, -0.2) is 25.7 Å². The van der Waals surface area contributed by atoms with Crippen LogP contribution in [0.2, 0.25) is 5.02 Å². The van der Waals surface area contributed by atoms with E-state index in [-0.39, 0.29) is 36.4 Å². The summed E-state index contributed by atoms with van der Waals surface area (Å²) >= 11 is 5.84. The number of nitrogens with zero attached hydrogens (tertiary/aromatic N) is 1. The molecular weight excluding hydrogens is 442 g/mol. The van der Waals surface area contributed by atoms with Crippen molar-refractivity contribution in [3.05, 3.63) is 34.9 Å². The molecule has 1 rings (SSSR count). The van der Waals surface area contributed by atoms with Crippen LogP contribution in [0.15, 0.2) is 29.3 Å². The largest absolute Gasteiger partial charge is 0.389 e. The Morgan fingerprint density at radius 3 is 2.35 bits per heavy atom. The van der Waals surface area contributed by atoms with Crippen molar-refractivity contribution in [3.8, 4) is 0 Å². The molecule has 0 aliphatic heterocycles. The van der Waals surface area contributed by atoms with Crippen LogP contribution in [0.1, 0.15) is 37.8 Å². The first-order valence-corrected chi connectivity index (χ1v) is 7.49. The van der Waals surface area contributed by atoms with Gasteiger partial charge in [0.15, 0.2) is 5.96 Å². The van der Waals surface area contributed by atoms with Gasteiger partial charge in [-0.2, -0.15) is 13.2 Å². The van der Waals surface area contributed by atoms with Gasteiger partial charge >= 0.3 is 6.18 Å². The highest BCUT2D eigenvalue weighted by Crippen LogP contribution is 2.21. The zero-order valence-electron chi connectivity index (χ0n) is 13.1. The van der Waals surface area contributed by atoms with E-state index in [1.807, 2.05) is 31.2 Å².